The lowest BCUT2D eigenvalue weighted by atomic mass is 10.0. The quantitative estimate of drug-likeness (QED) is 0.811. The first-order valence-corrected chi connectivity index (χ1v) is 9.99. The molecule has 2 aromatic rings. The number of hydrogen-bond acceptors (Lipinski definition) is 6. The number of thiophene rings is 1. The third kappa shape index (κ3) is 3.33. The smallest absolute Gasteiger partial charge is 0.264 e. The molecule has 1 amide bonds. The minimum Gasteiger partial charge on any atom is -0.372 e. The molecule has 1 fully saturated rings. The Morgan fingerprint density at radius 1 is 1.27 bits per heavy atom. The molecule has 2 aliphatic heterocycles. The second-order valence-electron chi connectivity index (χ2n) is 7.14. The molecular formula is C19H24N4O2S. The lowest BCUT2D eigenvalue weighted by molar-refractivity contribution is -0.00560. The van der Waals surface area contributed by atoms with Gasteiger partial charge in [-0.05, 0) is 32.2 Å². The van der Waals surface area contributed by atoms with Crippen LogP contribution in [0, 0.1) is 6.92 Å². The number of carbonyl (C=O) groups is 1. The van der Waals surface area contributed by atoms with Crippen molar-refractivity contribution in [2.24, 2.45) is 0 Å². The first-order valence-electron chi connectivity index (χ1n) is 9.11. The van der Waals surface area contributed by atoms with Gasteiger partial charge in [-0.3, -0.25) is 4.79 Å². The summed E-state index contributed by atoms with van der Waals surface area (Å²) in [5.41, 5.74) is 2.17. The number of nitrogens with zero attached hydrogens (tertiary/aromatic N) is 4. The predicted molar refractivity (Wildman–Crippen MR) is 102 cm³/mol. The molecule has 2 aromatic heterocycles. The fourth-order valence-electron chi connectivity index (χ4n) is 3.86. The molecule has 7 heteroatoms. The van der Waals surface area contributed by atoms with Gasteiger partial charge >= 0.3 is 0 Å². The summed E-state index contributed by atoms with van der Waals surface area (Å²) in [5.74, 6) is 1.86. The van der Waals surface area contributed by atoms with E-state index < -0.39 is 0 Å². The number of ether oxygens (including phenoxy) is 1. The zero-order chi connectivity index (χ0) is 18.3. The van der Waals surface area contributed by atoms with E-state index in [0.717, 1.165) is 47.3 Å². The van der Waals surface area contributed by atoms with E-state index in [2.05, 4.69) is 23.7 Å². The second kappa shape index (κ2) is 6.96. The molecule has 26 heavy (non-hydrogen) atoms. The summed E-state index contributed by atoms with van der Waals surface area (Å²) in [5, 5.41) is 1.94. The predicted octanol–water partition coefficient (Wildman–Crippen LogP) is 2.66. The van der Waals surface area contributed by atoms with Crippen LogP contribution in [0.1, 0.15) is 40.6 Å². The van der Waals surface area contributed by atoms with E-state index in [4.69, 9.17) is 9.72 Å². The molecule has 6 nitrogen and oxygen atoms in total. The number of aryl methyl sites for hydroxylation is 1. The van der Waals surface area contributed by atoms with E-state index in [9.17, 15) is 4.79 Å². The molecule has 2 aliphatic rings. The number of carbonyl (C=O) groups excluding carboxylic acids is 1. The summed E-state index contributed by atoms with van der Waals surface area (Å²) < 4.78 is 5.87. The summed E-state index contributed by atoms with van der Waals surface area (Å²) in [7, 11) is 0. The Labute approximate surface area is 157 Å². The Morgan fingerprint density at radius 2 is 2.04 bits per heavy atom. The average Bonchev–Trinajstić information content (AvgIpc) is 3.13. The molecule has 0 spiro atoms. The summed E-state index contributed by atoms with van der Waals surface area (Å²) in [6.45, 7) is 9.03. The largest absolute Gasteiger partial charge is 0.372 e. The third-order valence-corrected chi connectivity index (χ3v) is 5.75. The highest BCUT2D eigenvalue weighted by atomic mass is 32.1. The van der Waals surface area contributed by atoms with Crippen molar-refractivity contribution in [3.05, 3.63) is 39.5 Å². The molecule has 0 aromatic carbocycles. The van der Waals surface area contributed by atoms with Gasteiger partial charge in [-0.2, -0.15) is 0 Å². The molecule has 1 saturated heterocycles. The van der Waals surface area contributed by atoms with E-state index in [1.54, 1.807) is 0 Å². The molecule has 0 saturated carbocycles. The number of morpholine rings is 1. The Hall–Kier alpha value is -1.99. The highest BCUT2D eigenvalue weighted by Gasteiger charge is 2.30. The van der Waals surface area contributed by atoms with Gasteiger partial charge in [0.2, 0.25) is 0 Å². The molecule has 4 heterocycles. The maximum absolute atomic E-state index is 12.8. The van der Waals surface area contributed by atoms with Gasteiger partial charge in [0, 0.05) is 31.6 Å². The lowest BCUT2D eigenvalue weighted by Gasteiger charge is -2.38. The van der Waals surface area contributed by atoms with Crippen LogP contribution in [0.15, 0.2) is 17.5 Å². The number of amides is 1. The van der Waals surface area contributed by atoms with Crippen molar-refractivity contribution >= 4 is 23.1 Å². The lowest BCUT2D eigenvalue weighted by Crippen LogP contribution is -2.47. The normalized spacial score (nSPS) is 23.0. The zero-order valence-corrected chi connectivity index (χ0v) is 16.3. The van der Waals surface area contributed by atoms with Gasteiger partial charge in [-0.15, -0.1) is 11.3 Å². The first-order chi connectivity index (χ1) is 12.5. The SMILES string of the molecule is Cc1nc2c(c(N3CC(C)OC(C)C3)n1)CN(C(=O)c1cccs1)CC2. The van der Waals surface area contributed by atoms with Crippen LogP contribution in [0.4, 0.5) is 5.82 Å². The molecule has 0 bridgehead atoms. The number of anilines is 1. The maximum Gasteiger partial charge on any atom is 0.264 e. The van der Waals surface area contributed by atoms with E-state index >= 15 is 0 Å². The van der Waals surface area contributed by atoms with Gasteiger partial charge in [-0.1, -0.05) is 6.07 Å². The molecule has 138 valence electrons. The van der Waals surface area contributed by atoms with Crippen LogP contribution in [-0.2, 0) is 17.7 Å². The number of fused-ring (bicyclic) bond motifs is 1. The molecule has 2 unspecified atom stereocenters. The maximum atomic E-state index is 12.8. The highest BCUT2D eigenvalue weighted by molar-refractivity contribution is 7.12. The zero-order valence-electron chi connectivity index (χ0n) is 15.4. The second-order valence-corrected chi connectivity index (χ2v) is 8.08. The molecular weight excluding hydrogens is 348 g/mol. The van der Waals surface area contributed by atoms with Crippen LogP contribution in [0.25, 0.3) is 0 Å². The number of aromatic nitrogens is 2. The first kappa shape index (κ1) is 17.4. The van der Waals surface area contributed by atoms with Crippen molar-refractivity contribution in [3.8, 4) is 0 Å². The van der Waals surface area contributed by atoms with Gasteiger partial charge < -0.3 is 14.5 Å². The van der Waals surface area contributed by atoms with Gasteiger partial charge in [0.1, 0.15) is 11.6 Å². The van der Waals surface area contributed by atoms with E-state index in [-0.39, 0.29) is 18.1 Å². The van der Waals surface area contributed by atoms with Crippen molar-refractivity contribution in [1.29, 1.82) is 0 Å². The average molecular weight is 372 g/mol. The van der Waals surface area contributed by atoms with Crippen molar-refractivity contribution in [1.82, 2.24) is 14.9 Å². The minimum atomic E-state index is 0.0980. The van der Waals surface area contributed by atoms with Crippen LogP contribution in [0.5, 0.6) is 0 Å². The number of hydrogen-bond donors (Lipinski definition) is 0. The number of rotatable bonds is 2. The molecule has 0 radical (unpaired) electrons. The van der Waals surface area contributed by atoms with Crippen molar-refractivity contribution in [2.75, 3.05) is 24.5 Å². The topological polar surface area (TPSA) is 58.6 Å². The molecule has 0 aliphatic carbocycles. The van der Waals surface area contributed by atoms with Gasteiger partial charge in [-0.25, -0.2) is 9.97 Å². The Bertz CT molecular complexity index is 798. The Balaban J connectivity index is 1.65. The van der Waals surface area contributed by atoms with E-state index in [1.807, 2.05) is 29.3 Å². The molecule has 2 atom stereocenters. The standard InChI is InChI=1S/C19H24N4O2S/c1-12-9-23(10-13(2)25-12)18-15-11-22(19(24)17-5-4-8-26-17)7-6-16(15)20-14(3)21-18/h4-5,8,12-13H,6-7,9-11H2,1-3H3. The Kier molecular flexibility index (Phi) is 4.67. The Morgan fingerprint density at radius 3 is 2.73 bits per heavy atom. The van der Waals surface area contributed by atoms with Crippen LogP contribution in [-0.4, -0.2) is 52.6 Å². The van der Waals surface area contributed by atoms with Crippen LogP contribution < -0.4 is 4.90 Å². The van der Waals surface area contributed by atoms with Crippen LogP contribution in [0.2, 0.25) is 0 Å². The van der Waals surface area contributed by atoms with Crippen molar-refractivity contribution in [2.45, 2.75) is 45.9 Å². The van der Waals surface area contributed by atoms with Crippen molar-refractivity contribution in [3.63, 3.8) is 0 Å². The molecule has 4 rings (SSSR count). The van der Waals surface area contributed by atoms with Crippen LogP contribution in [0.3, 0.4) is 0 Å². The monoisotopic (exact) mass is 372 g/mol. The fraction of sp³-hybridized carbons (Fsp3) is 0.526. The highest BCUT2D eigenvalue weighted by Crippen LogP contribution is 2.30. The summed E-state index contributed by atoms with van der Waals surface area (Å²) in [6.07, 6.45) is 1.10. The minimum absolute atomic E-state index is 0.0980. The molecule has 0 N–H and O–H groups in total. The van der Waals surface area contributed by atoms with Crippen LogP contribution >= 0.6 is 11.3 Å². The van der Waals surface area contributed by atoms with E-state index in [0.29, 0.717) is 13.1 Å². The van der Waals surface area contributed by atoms with E-state index in [1.165, 1.54) is 11.3 Å². The van der Waals surface area contributed by atoms with Crippen molar-refractivity contribution < 1.29 is 9.53 Å². The van der Waals surface area contributed by atoms with Gasteiger partial charge in [0.05, 0.1) is 29.3 Å². The summed E-state index contributed by atoms with van der Waals surface area (Å²) in [6, 6.07) is 3.81. The fourth-order valence-corrected chi connectivity index (χ4v) is 4.55. The third-order valence-electron chi connectivity index (χ3n) is 4.89. The van der Waals surface area contributed by atoms with Gasteiger partial charge in [0.15, 0.2) is 0 Å². The summed E-state index contributed by atoms with van der Waals surface area (Å²) >= 11 is 1.49. The van der Waals surface area contributed by atoms with Gasteiger partial charge in [0.25, 0.3) is 5.91 Å². The summed E-state index contributed by atoms with van der Waals surface area (Å²) in [4.78, 5) is 27.2.